The van der Waals surface area contributed by atoms with E-state index in [0.29, 0.717) is 12.8 Å². The Labute approximate surface area is 105 Å². The molecule has 0 aromatic carbocycles. The van der Waals surface area contributed by atoms with Gasteiger partial charge < -0.3 is 5.32 Å². The molecule has 1 heterocycles. The second-order valence-electron chi connectivity index (χ2n) is 4.60. The molecule has 0 bridgehead atoms. The predicted octanol–water partition coefficient (Wildman–Crippen LogP) is 1.25. The fraction of sp³-hybridized carbons (Fsp3) is 0.900. The average Bonchev–Trinajstić information content (AvgIpc) is 2.40. The van der Waals surface area contributed by atoms with Gasteiger partial charge in [0.05, 0.1) is 17.0 Å². The average molecular weight is 312 g/mol. The molecule has 1 amide bonds. The third-order valence-corrected chi connectivity index (χ3v) is 5.20. The first-order valence-electron chi connectivity index (χ1n) is 5.44. The summed E-state index contributed by atoms with van der Waals surface area (Å²) in [7, 11) is -2.95. The van der Waals surface area contributed by atoms with Crippen molar-refractivity contribution in [2.24, 2.45) is 0 Å². The van der Waals surface area contributed by atoms with Gasteiger partial charge in [0.25, 0.3) is 0 Å². The zero-order valence-electron chi connectivity index (χ0n) is 9.46. The van der Waals surface area contributed by atoms with E-state index < -0.39 is 15.4 Å². The van der Waals surface area contributed by atoms with Crippen molar-refractivity contribution in [3.8, 4) is 0 Å². The first-order chi connectivity index (χ1) is 7.37. The lowest BCUT2D eigenvalue weighted by Crippen LogP contribution is -2.46. The van der Waals surface area contributed by atoms with Gasteiger partial charge in [0.2, 0.25) is 5.91 Å². The molecule has 0 aliphatic carbocycles. The van der Waals surface area contributed by atoms with Crippen LogP contribution in [-0.2, 0) is 14.6 Å². The molecule has 16 heavy (non-hydrogen) atoms. The summed E-state index contributed by atoms with van der Waals surface area (Å²) in [4.78, 5) is 11.6. The summed E-state index contributed by atoms with van der Waals surface area (Å²) >= 11 is 3.30. The number of rotatable bonds is 5. The fourth-order valence-corrected chi connectivity index (χ4v) is 4.38. The number of nitrogens with one attached hydrogen (secondary N) is 1. The highest BCUT2D eigenvalue weighted by Gasteiger charge is 2.39. The summed E-state index contributed by atoms with van der Waals surface area (Å²) in [5, 5.41) is 3.73. The van der Waals surface area contributed by atoms with Crippen molar-refractivity contribution < 1.29 is 13.2 Å². The number of sulfone groups is 1. The Morgan fingerprint density at radius 1 is 1.44 bits per heavy atom. The first-order valence-corrected chi connectivity index (χ1v) is 8.39. The molecule has 0 radical (unpaired) electrons. The molecule has 94 valence electrons. The Morgan fingerprint density at radius 3 is 2.62 bits per heavy atom. The van der Waals surface area contributed by atoms with Crippen LogP contribution in [0.3, 0.4) is 0 Å². The van der Waals surface area contributed by atoms with Crippen molar-refractivity contribution in [1.29, 1.82) is 0 Å². The maximum absolute atomic E-state index is 11.6. The van der Waals surface area contributed by atoms with Crippen molar-refractivity contribution >= 4 is 31.7 Å². The highest BCUT2D eigenvalue weighted by atomic mass is 79.9. The van der Waals surface area contributed by atoms with Gasteiger partial charge in [-0.15, -0.1) is 0 Å². The van der Waals surface area contributed by atoms with Gasteiger partial charge in [-0.3, -0.25) is 4.79 Å². The van der Waals surface area contributed by atoms with Crippen LogP contribution >= 0.6 is 15.9 Å². The lowest BCUT2D eigenvalue weighted by molar-refractivity contribution is -0.122. The van der Waals surface area contributed by atoms with Crippen LogP contribution < -0.4 is 5.32 Å². The number of halogens is 1. The molecule has 0 aromatic rings. The minimum absolute atomic E-state index is 0.0412. The molecule has 0 spiro atoms. The first kappa shape index (κ1) is 14.0. The normalized spacial score (nSPS) is 27.9. The third-order valence-electron chi connectivity index (χ3n) is 2.73. The molecule has 1 aliphatic rings. The smallest absolute Gasteiger partial charge is 0.220 e. The van der Waals surface area contributed by atoms with Gasteiger partial charge in [-0.25, -0.2) is 8.42 Å². The van der Waals surface area contributed by atoms with E-state index in [0.717, 1.165) is 18.2 Å². The summed E-state index contributed by atoms with van der Waals surface area (Å²) in [5.41, 5.74) is -0.551. The zero-order valence-corrected chi connectivity index (χ0v) is 11.9. The SMILES string of the molecule is CC1(NC(=O)CCCCBr)CCS(=O)(=O)C1. The van der Waals surface area contributed by atoms with E-state index >= 15 is 0 Å². The minimum atomic E-state index is -2.95. The van der Waals surface area contributed by atoms with Crippen LogP contribution in [0.25, 0.3) is 0 Å². The van der Waals surface area contributed by atoms with Crippen molar-refractivity contribution in [3.05, 3.63) is 0 Å². The van der Waals surface area contributed by atoms with Crippen molar-refractivity contribution in [1.82, 2.24) is 5.32 Å². The Morgan fingerprint density at radius 2 is 2.12 bits per heavy atom. The Bertz CT molecular complexity index is 355. The van der Waals surface area contributed by atoms with Crippen LogP contribution in [0, 0.1) is 0 Å². The number of amides is 1. The molecule has 1 fully saturated rings. The largest absolute Gasteiger partial charge is 0.350 e. The van der Waals surface area contributed by atoms with Gasteiger partial charge in [-0.1, -0.05) is 15.9 Å². The van der Waals surface area contributed by atoms with Gasteiger partial charge in [0.1, 0.15) is 0 Å². The third kappa shape index (κ3) is 4.41. The van der Waals surface area contributed by atoms with Crippen LogP contribution in [0.15, 0.2) is 0 Å². The monoisotopic (exact) mass is 311 g/mol. The molecule has 0 aromatic heterocycles. The standard InChI is InChI=1S/C10H18BrNO3S/c1-10(5-7-16(14,15)8-10)12-9(13)4-2-3-6-11/h2-8H2,1H3,(H,12,13). The topological polar surface area (TPSA) is 63.2 Å². The molecule has 1 aliphatic heterocycles. The van der Waals surface area contributed by atoms with Gasteiger partial charge in [-0.05, 0) is 26.2 Å². The zero-order chi connectivity index (χ0) is 12.2. The maximum Gasteiger partial charge on any atom is 0.220 e. The van der Waals surface area contributed by atoms with Gasteiger partial charge >= 0.3 is 0 Å². The number of hydrogen-bond acceptors (Lipinski definition) is 3. The van der Waals surface area contributed by atoms with Crippen molar-refractivity contribution in [2.75, 3.05) is 16.8 Å². The number of carbonyl (C=O) groups is 1. The number of unbranched alkanes of at least 4 members (excludes halogenated alkanes) is 1. The van der Waals surface area contributed by atoms with E-state index in [1.54, 1.807) is 6.92 Å². The lowest BCUT2D eigenvalue weighted by atomic mass is 10.0. The van der Waals surface area contributed by atoms with Gasteiger partial charge in [-0.2, -0.15) is 0 Å². The summed E-state index contributed by atoms with van der Waals surface area (Å²) < 4.78 is 22.7. The minimum Gasteiger partial charge on any atom is -0.350 e. The van der Waals surface area contributed by atoms with E-state index in [9.17, 15) is 13.2 Å². The second kappa shape index (κ2) is 5.49. The van der Waals surface area contributed by atoms with E-state index in [4.69, 9.17) is 0 Å². The summed E-state index contributed by atoms with van der Waals surface area (Å²) in [6.45, 7) is 1.81. The maximum atomic E-state index is 11.6. The predicted molar refractivity (Wildman–Crippen MR) is 67.5 cm³/mol. The van der Waals surface area contributed by atoms with Crippen LogP contribution in [0.5, 0.6) is 0 Å². The quantitative estimate of drug-likeness (QED) is 0.614. The molecule has 1 rings (SSSR count). The molecule has 1 atom stereocenters. The highest BCUT2D eigenvalue weighted by Crippen LogP contribution is 2.22. The molecule has 4 nitrogen and oxygen atoms in total. The molecule has 1 N–H and O–H groups in total. The molecule has 0 saturated carbocycles. The lowest BCUT2D eigenvalue weighted by Gasteiger charge is -2.23. The van der Waals surface area contributed by atoms with Gasteiger partial charge in [0.15, 0.2) is 9.84 Å². The van der Waals surface area contributed by atoms with Crippen molar-refractivity contribution in [2.45, 2.75) is 38.1 Å². The molecule has 1 saturated heterocycles. The van der Waals surface area contributed by atoms with Crippen LogP contribution in [-0.4, -0.2) is 36.7 Å². The van der Waals surface area contributed by atoms with Crippen LogP contribution in [0.2, 0.25) is 0 Å². The van der Waals surface area contributed by atoms with Crippen LogP contribution in [0.1, 0.15) is 32.6 Å². The van der Waals surface area contributed by atoms with Gasteiger partial charge in [0, 0.05) is 11.8 Å². The second-order valence-corrected chi connectivity index (χ2v) is 7.57. The number of hydrogen-bond donors (Lipinski definition) is 1. The highest BCUT2D eigenvalue weighted by molar-refractivity contribution is 9.09. The fourth-order valence-electron chi connectivity index (χ4n) is 1.89. The molecule has 1 unspecified atom stereocenters. The van der Waals surface area contributed by atoms with E-state index in [2.05, 4.69) is 21.2 Å². The number of carbonyl (C=O) groups excluding carboxylic acids is 1. The summed E-state index contributed by atoms with van der Waals surface area (Å²) in [6, 6.07) is 0. The Kier molecular flexibility index (Phi) is 4.79. The molecule has 6 heteroatoms. The Balaban J connectivity index is 2.39. The number of alkyl halides is 1. The van der Waals surface area contributed by atoms with Crippen LogP contribution in [0.4, 0.5) is 0 Å². The summed E-state index contributed by atoms with van der Waals surface area (Å²) in [6.07, 6.45) is 2.79. The van der Waals surface area contributed by atoms with E-state index in [1.807, 2.05) is 0 Å². The summed E-state index contributed by atoms with van der Waals surface area (Å²) in [5.74, 6) is 0.218. The van der Waals surface area contributed by atoms with Crippen molar-refractivity contribution in [3.63, 3.8) is 0 Å². The molecular weight excluding hydrogens is 294 g/mol. The van der Waals surface area contributed by atoms with E-state index in [1.165, 1.54) is 0 Å². The Hall–Kier alpha value is -0.100. The van der Waals surface area contributed by atoms with E-state index in [-0.39, 0.29) is 17.4 Å². The molecular formula is C10H18BrNO3S.